The summed E-state index contributed by atoms with van der Waals surface area (Å²) < 4.78 is 6.09. The Kier molecular flexibility index (Phi) is 3.54. The van der Waals surface area contributed by atoms with E-state index < -0.39 is 0 Å². The molecular formula is C18H21N3O. The number of hydrogen-bond donors (Lipinski definition) is 0. The van der Waals surface area contributed by atoms with Crippen molar-refractivity contribution in [3.63, 3.8) is 0 Å². The van der Waals surface area contributed by atoms with Gasteiger partial charge in [0.1, 0.15) is 6.10 Å². The van der Waals surface area contributed by atoms with E-state index in [1.807, 2.05) is 18.2 Å². The van der Waals surface area contributed by atoms with Crippen LogP contribution in [0.25, 0.3) is 11.3 Å². The second-order valence-corrected chi connectivity index (χ2v) is 6.42. The van der Waals surface area contributed by atoms with Gasteiger partial charge in [-0.05, 0) is 50.9 Å². The summed E-state index contributed by atoms with van der Waals surface area (Å²) in [6, 6.07) is 12.3. The molecule has 3 fully saturated rings. The maximum Gasteiger partial charge on any atom is 0.233 e. The predicted octanol–water partition coefficient (Wildman–Crippen LogP) is 2.93. The number of hydrogen-bond acceptors (Lipinski definition) is 4. The Hall–Kier alpha value is -1.94. The second kappa shape index (κ2) is 5.69. The molecule has 0 saturated carbocycles. The molecule has 0 unspecified atom stereocenters. The Morgan fingerprint density at radius 3 is 2.59 bits per heavy atom. The molecule has 0 amide bonds. The molecule has 2 bridgehead atoms. The first-order chi connectivity index (χ1) is 10.8. The number of nitrogens with zero attached hydrogens (tertiary/aromatic N) is 3. The number of aryl methyl sites for hydroxylation is 1. The van der Waals surface area contributed by atoms with E-state index >= 15 is 0 Å². The van der Waals surface area contributed by atoms with Crippen molar-refractivity contribution in [2.75, 3.05) is 19.6 Å². The zero-order valence-corrected chi connectivity index (χ0v) is 12.9. The summed E-state index contributed by atoms with van der Waals surface area (Å²) >= 11 is 0. The summed E-state index contributed by atoms with van der Waals surface area (Å²) in [6.07, 6.45) is 2.78. The molecule has 3 saturated heterocycles. The van der Waals surface area contributed by atoms with Gasteiger partial charge in [0.2, 0.25) is 5.88 Å². The van der Waals surface area contributed by atoms with Gasteiger partial charge in [0.15, 0.2) is 0 Å². The van der Waals surface area contributed by atoms with E-state index in [4.69, 9.17) is 4.74 Å². The SMILES string of the molecule is Cc1cccc(-c2ccc(O[C@H]3CN4CCC3CC4)nn2)c1. The lowest BCUT2D eigenvalue weighted by atomic mass is 9.86. The molecule has 3 aliphatic heterocycles. The van der Waals surface area contributed by atoms with E-state index in [-0.39, 0.29) is 6.10 Å². The lowest BCUT2D eigenvalue weighted by molar-refractivity contribution is -0.0103. The van der Waals surface area contributed by atoms with Crippen LogP contribution in [0.1, 0.15) is 18.4 Å². The van der Waals surface area contributed by atoms with Crippen molar-refractivity contribution in [3.05, 3.63) is 42.0 Å². The molecule has 5 rings (SSSR count). The first kappa shape index (κ1) is 13.7. The summed E-state index contributed by atoms with van der Waals surface area (Å²) in [5, 5.41) is 8.60. The van der Waals surface area contributed by atoms with Crippen LogP contribution in [-0.2, 0) is 0 Å². The summed E-state index contributed by atoms with van der Waals surface area (Å²) in [5.41, 5.74) is 3.22. The van der Waals surface area contributed by atoms with Crippen molar-refractivity contribution >= 4 is 0 Å². The minimum atomic E-state index is 0.279. The van der Waals surface area contributed by atoms with Crippen LogP contribution in [0, 0.1) is 12.8 Å². The van der Waals surface area contributed by atoms with Crippen LogP contribution in [0.2, 0.25) is 0 Å². The normalized spacial score (nSPS) is 26.9. The zero-order chi connectivity index (χ0) is 14.9. The molecule has 1 aromatic heterocycles. The van der Waals surface area contributed by atoms with Crippen LogP contribution < -0.4 is 4.74 Å². The maximum absolute atomic E-state index is 6.09. The summed E-state index contributed by atoms with van der Waals surface area (Å²) in [5.74, 6) is 1.33. The van der Waals surface area contributed by atoms with Crippen LogP contribution in [-0.4, -0.2) is 40.8 Å². The molecule has 4 nitrogen and oxygen atoms in total. The van der Waals surface area contributed by atoms with E-state index in [0.717, 1.165) is 17.8 Å². The van der Waals surface area contributed by atoms with Crippen LogP contribution in [0.5, 0.6) is 5.88 Å². The Labute approximate surface area is 131 Å². The van der Waals surface area contributed by atoms with Crippen molar-refractivity contribution in [2.45, 2.75) is 25.9 Å². The van der Waals surface area contributed by atoms with Crippen molar-refractivity contribution in [1.29, 1.82) is 0 Å². The quantitative estimate of drug-likeness (QED) is 0.872. The third-order valence-electron chi connectivity index (χ3n) is 4.82. The maximum atomic E-state index is 6.09. The molecule has 3 aliphatic rings. The van der Waals surface area contributed by atoms with Crippen LogP contribution in [0.3, 0.4) is 0 Å². The van der Waals surface area contributed by atoms with Gasteiger partial charge in [-0.25, -0.2) is 0 Å². The monoisotopic (exact) mass is 295 g/mol. The molecule has 0 radical (unpaired) electrons. The number of piperidine rings is 3. The predicted molar refractivity (Wildman–Crippen MR) is 85.8 cm³/mol. The van der Waals surface area contributed by atoms with E-state index in [1.165, 1.54) is 31.5 Å². The zero-order valence-electron chi connectivity index (χ0n) is 12.9. The Balaban J connectivity index is 1.48. The van der Waals surface area contributed by atoms with Gasteiger partial charge < -0.3 is 4.74 Å². The highest BCUT2D eigenvalue weighted by Gasteiger charge is 2.35. The molecule has 4 heteroatoms. The average molecular weight is 295 g/mol. The first-order valence-electron chi connectivity index (χ1n) is 8.08. The number of rotatable bonds is 3. The van der Waals surface area contributed by atoms with Gasteiger partial charge in [0.25, 0.3) is 0 Å². The third-order valence-corrected chi connectivity index (χ3v) is 4.82. The molecule has 0 aliphatic carbocycles. The third kappa shape index (κ3) is 2.71. The molecular weight excluding hydrogens is 274 g/mol. The molecule has 2 aromatic rings. The molecule has 0 N–H and O–H groups in total. The van der Waals surface area contributed by atoms with Crippen molar-refractivity contribution in [2.24, 2.45) is 5.92 Å². The van der Waals surface area contributed by atoms with Gasteiger partial charge in [-0.15, -0.1) is 10.2 Å². The van der Waals surface area contributed by atoms with Gasteiger partial charge in [0, 0.05) is 18.2 Å². The number of benzene rings is 1. The van der Waals surface area contributed by atoms with Crippen molar-refractivity contribution < 1.29 is 4.74 Å². The minimum Gasteiger partial charge on any atom is -0.472 e. The van der Waals surface area contributed by atoms with E-state index in [9.17, 15) is 0 Å². The summed E-state index contributed by atoms with van der Waals surface area (Å²) in [4.78, 5) is 2.49. The van der Waals surface area contributed by atoms with E-state index in [1.54, 1.807) is 0 Å². The standard InChI is InChI=1S/C18H21N3O/c1-13-3-2-4-15(11-13)16-5-6-18(20-19-16)22-17-12-21-9-7-14(17)8-10-21/h2-6,11,14,17H,7-10,12H2,1H3/t17-/m0/s1. The number of aromatic nitrogens is 2. The lowest BCUT2D eigenvalue weighted by Crippen LogP contribution is -2.52. The molecule has 22 heavy (non-hydrogen) atoms. The molecule has 0 spiro atoms. The van der Waals surface area contributed by atoms with Crippen LogP contribution >= 0.6 is 0 Å². The topological polar surface area (TPSA) is 38.2 Å². The van der Waals surface area contributed by atoms with Crippen molar-refractivity contribution in [3.8, 4) is 17.1 Å². The van der Waals surface area contributed by atoms with Crippen LogP contribution in [0.4, 0.5) is 0 Å². The summed E-state index contributed by atoms with van der Waals surface area (Å²) in [7, 11) is 0. The van der Waals surface area contributed by atoms with Gasteiger partial charge in [-0.2, -0.15) is 0 Å². The van der Waals surface area contributed by atoms with Gasteiger partial charge >= 0.3 is 0 Å². The highest BCUT2D eigenvalue weighted by atomic mass is 16.5. The molecule has 1 aromatic carbocycles. The fraction of sp³-hybridized carbons (Fsp3) is 0.444. The first-order valence-corrected chi connectivity index (χ1v) is 8.08. The van der Waals surface area contributed by atoms with Gasteiger partial charge in [-0.1, -0.05) is 23.8 Å². The second-order valence-electron chi connectivity index (χ2n) is 6.42. The minimum absolute atomic E-state index is 0.279. The van der Waals surface area contributed by atoms with Crippen molar-refractivity contribution in [1.82, 2.24) is 15.1 Å². The van der Waals surface area contributed by atoms with Gasteiger partial charge in [0.05, 0.1) is 5.69 Å². The Morgan fingerprint density at radius 1 is 1.09 bits per heavy atom. The highest BCUT2D eigenvalue weighted by Crippen LogP contribution is 2.30. The van der Waals surface area contributed by atoms with E-state index in [0.29, 0.717) is 11.8 Å². The van der Waals surface area contributed by atoms with E-state index in [2.05, 4.69) is 40.2 Å². The lowest BCUT2D eigenvalue weighted by Gasteiger charge is -2.44. The largest absolute Gasteiger partial charge is 0.472 e. The Bertz CT molecular complexity index is 648. The highest BCUT2D eigenvalue weighted by molar-refractivity contribution is 5.59. The number of fused-ring (bicyclic) bond motifs is 3. The smallest absolute Gasteiger partial charge is 0.233 e. The summed E-state index contributed by atoms with van der Waals surface area (Å²) in [6.45, 7) is 5.57. The average Bonchev–Trinajstić information content (AvgIpc) is 2.57. The number of ether oxygens (including phenoxy) is 1. The molecule has 1 atom stereocenters. The molecule has 114 valence electrons. The van der Waals surface area contributed by atoms with Crippen LogP contribution in [0.15, 0.2) is 36.4 Å². The van der Waals surface area contributed by atoms with Gasteiger partial charge in [-0.3, -0.25) is 4.90 Å². The Morgan fingerprint density at radius 2 is 1.95 bits per heavy atom. The molecule has 4 heterocycles. The fourth-order valence-electron chi connectivity index (χ4n) is 3.54. The fourth-order valence-corrected chi connectivity index (χ4v) is 3.54.